The fraction of sp³-hybridized carbons (Fsp3) is 0.333. The fourth-order valence-electron chi connectivity index (χ4n) is 1.90. The molecule has 1 radical (unpaired) electrons. The first-order chi connectivity index (χ1) is 6.87. The van der Waals surface area contributed by atoms with Crippen LogP contribution in [-0.4, -0.2) is 13.1 Å². The first-order valence-corrected chi connectivity index (χ1v) is 4.89. The first kappa shape index (κ1) is 9.23. The second kappa shape index (κ2) is 3.81. The number of benzene rings is 1. The van der Waals surface area contributed by atoms with Crippen molar-refractivity contribution in [2.75, 3.05) is 13.1 Å². The van der Waals surface area contributed by atoms with E-state index < -0.39 is 0 Å². The molecule has 0 aromatic heterocycles. The van der Waals surface area contributed by atoms with Crippen LogP contribution >= 0.6 is 0 Å². The standard InChI is InChI=1S/C12H13N2/c13-10-12(6-8-14-9-7-12)11-4-2-1-3-5-11/h1-6,14H,7-9H2. The summed E-state index contributed by atoms with van der Waals surface area (Å²) in [6.07, 6.45) is 2.94. The molecule has 1 atom stereocenters. The maximum atomic E-state index is 9.29. The van der Waals surface area contributed by atoms with Gasteiger partial charge in [0, 0.05) is 13.0 Å². The van der Waals surface area contributed by atoms with E-state index in [2.05, 4.69) is 17.8 Å². The first-order valence-electron chi connectivity index (χ1n) is 4.89. The summed E-state index contributed by atoms with van der Waals surface area (Å²) < 4.78 is 0. The van der Waals surface area contributed by atoms with Crippen molar-refractivity contribution in [2.24, 2.45) is 0 Å². The molecule has 1 N–H and O–H groups in total. The number of hydrogen-bond donors (Lipinski definition) is 1. The Morgan fingerprint density at radius 1 is 1.29 bits per heavy atom. The van der Waals surface area contributed by atoms with Crippen molar-refractivity contribution < 1.29 is 0 Å². The molecule has 1 fully saturated rings. The van der Waals surface area contributed by atoms with E-state index in [0.717, 1.165) is 25.1 Å². The van der Waals surface area contributed by atoms with Crippen LogP contribution in [0.4, 0.5) is 0 Å². The van der Waals surface area contributed by atoms with Crippen LogP contribution in [0.5, 0.6) is 0 Å². The molecule has 14 heavy (non-hydrogen) atoms. The van der Waals surface area contributed by atoms with Gasteiger partial charge in [-0.25, -0.2) is 0 Å². The monoisotopic (exact) mass is 185 g/mol. The third-order valence-electron chi connectivity index (χ3n) is 2.78. The SMILES string of the molecule is N#CC1(c2ccccc2)[CH]CNCC1. The van der Waals surface area contributed by atoms with Gasteiger partial charge in [0.05, 0.1) is 11.5 Å². The van der Waals surface area contributed by atoms with E-state index in [9.17, 15) is 5.26 Å². The van der Waals surface area contributed by atoms with Gasteiger partial charge in [0.15, 0.2) is 0 Å². The minimum Gasteiger partial charge on any atom is -0.316 e. The second-order valence-corrected chi connectivity index (χ2v) is 3.61. The molecule has 1 unspecified atom stereocenters. The van der Waals surface area contributed by atoms with Gasteiger partial charge in [-0.2, -0.15) is 5.26 Å². The lowest BCUT2D eigenvalue weighted by molar-refractivity contribution is 0.470. The van der Waals surface area contributed by atoms with Gasteiger partial charge in [-0.3, -0.25) is 0 Å². The summed E-state index contributed by atoms with van der Waals surface area (Å²) in [5.41, 5.74) is 0.746. The quantitative estimate of drug-likeness (QED) is 0.722. The molecule has 0 spiro atoms. The Hall–Kier alpha value is -1.33. The third-order valence-corrected chi connectivity index (χ3v) is 2.78. The number of nitriles is 1. The molecule has 1 aromatic carbocycles. The van der Waals surface area contributed by atoms with Gasteiger partial charge in [0.2, 0.25) is 0 Å². The predicted octanol–water partition coefficient (Wildman–Crippen LogP) is 1.65. The van der Waals surface area contributed by atoms with E-state index in [-0.39, 0.29) is 5.41 Å². The van der Waals surface area contributed by atoms with Crippen molar-refractivity contribution >= 4 is 0 Å². The van der Waals surface area contributed by atoms with E-state index in [1.165, 1.54) is 0 Å². The van der Waals surface area contributed by atoms with Crippen molar-refractivity contribution in [1.82, 2.24) is 5.32 Å². The molecule has 1 heterocycles. The predicted molar refractivity (Wildman–Crippen MR) is 55.5 cm³/mol. The van der Waals surface area contributed by atoms with Crippen LogP contribution in [0.1, 0.15) is 12.0 Å². The molecule has 0 aliphatic carbocycles. The van der Waals surface area contributed by atoms with Crippen LogP contribution in [0.25, 0.3) is 0 Å². The van der Waals surface area contributed by atoms with Gasteiger partial charge in [0.25, 0.3) is 0 Å². The highest BCUT2D eigenvalue weighted by Gasteiger charge is 2.33. The number of nitrogens with one attached hydrogen (secondary N) is 1. The van der Waals surface area contributed by atoms with E-state index in [1.54, 1.807) is 0 Å². The third kappa shape index (κ3) is 1.51. The average molecular weight is 185 g/mol. The number of nitrogens with zero attached hydrogens (tertiary/aromatic N) is 1. The maximum Gasteiger partial charge on any atom is 0.0878 e. The topological polar surface area (TPSA) is 35.8 Å². The fourth-order valence-corrected chi connectivity index (χ4v) is 1.90. The molecule has 0 amide bonds. The van der Waals surface area contributed by atoms with Crippen LogP contribution in [-0.2, 0) is 5.41 Å². The Morgan fingerprint density at radius 2 is 2.07 bits per heavy atom. The highest BCUT2D eigenvalue weighted by molar-refractivity contribution is 5.37. The minimum atomic E-state index is -0.369. The highest BCUT2D eigenvalue weighted by Crippen LogP contribution is 2.31. The molecule has 71 valence electrons. The van der Waals surface area contributed by atoms with E-state index in [4.69, 9.17) is 0 Å². The van der Waals surface area contributed by atoms with Crippen LogP contribution in [0.3, 0.4) is 0 Å². The van der Waals surface area contributed by atoms with E-state index >= 15 is 0 Å². The van der Waals surface area contributed by atoms with Gasteiger partial charge < -0.3 is 5.32 Å². The van der Waals surface area contributed by atoms with Gasteiger partial charge in [-0.1, -0.05) is 30.3 Å². The molecule has 2 rings (SSSR count). The molecule has 2 heteroatoms. The summed E-state index contributed by atoms with van der Waals surface area (Å²) in [5.74, 6) is 0. The molecular weight excluding hydrogens is 172 g/mol. The summed E-state index contributed by atoms with van der Waals surface area (Å²) in [4.78, 5) is 0. The Balaban J connectivity index is 2.33. The van der Waals surface area contributed by atoms with Gasteiger partial charge in [-0.05, 0) is 18.5 Å². The van der Waals surface area contributed by atoms with E-state index in [0.29, 0.717) is 0 Å². The van der Waals surface area contributed by atoms with E-state index in [1.807, 2.05) is 30.3 Å². The second-order valence-electron chi connectivity index (χ2n) is 3.61. The Labute approximate surface area is 84.6 Å². The molecule has 1 aromatic rings. The zero-order valence-electron chi connectivity index (χ0n) is 8.03. The lowest BCUT2D eigenvalue weighted by Crippen LogP contribution is -2.39. The molecule has 1 saturated heterocycles. The normalized spacial score (nSPS) is 19.9. The molecule has 0 bridgehead atoms. The molecule has 0 saturated carbocycles. The molecule has 2 nitrogen and oxygen atoms in total. The summed E-state index contributed by atoms with van der Waals surface area (Å²) in [6.45, 7) is 1.74. The Morgan fingerprint density at radius 3 is 2.64 bits per heavy atom. The Kier molecular flexibility index (Phi) is 2.51. The summed E-state index contributed by atoms with van der Waals surface area (Å²) in [7, 11) is 0. The Bertz CT molecular complexity index is 331. The summed E-state index contributed by atoms with van der Waals surface area (Å²) in [5, 5.41) is 12.5. The summed E-state index contributed by atoms with van der Waals surface area (Å²) in [6, 6.07) is 12.5. The average Bonchev–Trinajstić information content (AvgIpc) is 2.31. The number of piperidine rings is 1. The molecule has 1 aliphatic heterocycles. The maximum absolute atomic E-state index is 9.29. The van der Waals surface area contributed by atoms with Crippen LogP contribution < -0.4 is 5.32 Å². The van der Waals surface area contributed by atoms with Crippen LogP contribution in [0.15, 0.2) is 30.3 Å². The highest BCUT2D eigenvalue weighted by atomic mass is 14.9. The van der Waals surface area contributed by atoms with Crippen molar-refractivity contribution in [2.45, 2.75) is 11.8 Å². The minimum absolute atomic E-state index is 0.369. The van der Waals surface area contributed by atoms with Crippen LogP contribution in [0.2, 0.25) is 0 Å². The molecular formula is C12H13N2. The van der Waals surface area contributed by atoms with Gasteiger partial charge in [0.1, 0.15) is 0 Å². The zero-order chi connectivity index (χ0) is 9.86. The smallest absolute Gasteiger partial charge is 0.0878 e. The number of rotatable bonds is 1. The van der Waals surface area contributed by atoms with Crippen molar-refractivity contribution in [1.29, 1.82) is 5.26 Å². The van der Waals surface area contributed by atoms with Gasteiger partial charge >= 0.3 is 0 Å². The van der Waals surface area contributed by atoms with Crippen LogP contribution in [0, 0.1) is 17.8 Å². The largest absolute Gasteiger partial charge is 0.316 e. The molecule has 1 aliphatic rings. The van der Waals surface area contributed by atoms with Crippen molar-refractivity contribution in [3.63, 3.8) is 0 Å². The lowest BCUT2D eigenvalue weighted by atomic mass is 9.74. The lowest BCUT2D eigenvalue weighted by Gasteiger charge is -2.31. The zero-order valence-corrected chi connectivity index (χ0v) is 8.03. The summed E-state index contributed by atoms with van der Waals surface area (Å²) >= 11 is 0. The van der Waals surface area contributed by atoms with Crippen molar-refractivity contribution in [3.8, 4) is 6.07 Å². The van der Waals surface area contributed by atoms with Gasteiger partial charge in [-0.15, -0.1) is 0 Å². The number of hydrogen-bond acceptors (Lipinski definition) is 2. The van der Waals surface area contributed by atoms with Crippen molar-refractivity contribution in [3.05, 3.63) is 42.3 Å².